The molecule has 1 amide bonds. The lowest BCUT2D eigenvalue weighted by Crippen LogP contribution is -2.46. The second-order valence-corrected chi connectivity index (χ2v) is 7.53. The lowest BCUT2D eigenvalue weighted by atomic mass is 9.99. The summed E-state index contributed by atoms with van der Waals surface area (Å²) in [6.07, 6.45) is 3.36. The van der Waals surface area contributed by atoms with Gasteiger partial charge in [0.15, 0.2) is 0 Å². The second kappa shape index (κ2) is 9.17. The smallest absolute Gasteiger partial charge is 0.227 e. The third kappa shape index (κ3) is 4.88. The molecule has 6 nitrogen and oxygen atoms in total. The van der Waals surface area contributed by atoms with Crippen LogP contribution in [0.2, 0.25) is 0 Å². The fourth-order valence-corrected chi connectivity index (χ4v) is 3.83. The highest BCUT2D eigenvalue weighted by Gasteiger charge is 2.22. The maximum Gasteiger partial charge on any atom is 0.227 e. The van der Waals surface area contributed by atoms with E-state index in [4.69, 9.17) is 4.74 Å². The van der Waals surface area contributed by atoms with E-state index in [1.807, 2.05) is 12.1 Å². The molecular weight excluding hydrogens is 352 g/mol. The second-order valence-electron chi connectivity index (χ2n) is 7.53. The molecule has 2 aliphatic heterocycles. The molecule has 2 saturated heterocycles. The number of ether oxygens (including phenoxy) is 1. The molecule has 0 spiro atoms. The molecule has 0 bridgehead atoms. The van der Waals surface area contributed by atoms with Crippen LogP contribution in [0, 0.1) is 5.92 Å². The number of nitrogens with zero attached hydrogens (tertiary/aromatic N) is 3. The first kappa shape index (κ1) is 18.9. The quantitative estimate of drug-likeness (QED) is 0.864. The summed E-state index contributed by atoms with van der Waals surface area (Å²) in [6, 6.07) is 14.6. The fourth-order valence-electron chi connectivity index (χ4n) is 3.83. The van der Waals surface area contributed by atoms with Crippen LogP contribution in [-0.4, -0.2) is 55.2 Å². The van der Waals surface area contributed by atoms with E-state index in [9.17, 15) is 4.79 Å². The summed E-state index contributed by atoms with van der Waals surface area (Å²) in [4.78, 5) is 21.7. The molecule has 2 fully saturated rings. The SMILES string of the molecule is O=C(Nc1ccc(N2CCN(Cc3ccccc3)CC2)nc1)C1CCOCC1. The van der Waals surface area contributed by atoms with Crippen molar-refractivity contribution in [3.8, 4) is 0 Å². The van der Waals surface area contributed by atoms with Crippen molar-refractivity contribution in [2.75, 3.05) is 49.6 Å². The molecule has 1 N–H and O–H groups in total. The zero-order valence-electron chi connectivity index (χ0n) is 16.2. The Morgan fingerprint density at radius 3 is 2.46 bits per heavy atom. The Labute approximate surface area is 166 Å². The van der Waals surface area contributed by atoms with Crippen LogP contribution < -0.4 is 10.2 Å². The molecule has 3 heterocycles. The standard InChI is InChI=1S/C22H28N4O2/c27-22(19-8-14-28-15-9-19)24-20-6-7-21(23-16-20)26-12-10-25(11-13-26)17-18-4-2-1-3-5-18/h1-7,16,19H,8-15,17H2,(H,24,27). The Hall–Kier alpha value is -2.44. The van der Waals surface area contributed by atoms with E-state index in [-0.39, 0.29) is 11.8 Å². The van der Waals surface area contributed by atoms with Gasteiger partial charge >= 0.3 is 0 Å². The first-order valence-electron chi connectivity index (χ1n) is 10.1. The molecule has 4 rings (SSSR count). The molecule has 0 atom stereocenters. The summed E-state index contributed by atoms with van der Waals surface area (Å²) in [6.45, 7) is 6.33. The van der Waals surface area contributed by atoms with Gasteiger partial charge < -0.3 is 15.0 Å². The zero-order chi connectivity index (χ0) is 19.2. The van der Waals surface area contributed by atoms with Gasteiger partial charge in [0.2, 0.25) is 5.91 Å². The number of anilines is 2. The van der Waals surface area contributed by atoms with Crippen LogP contribution in [0.15, 0.2) is 48.7 Å². The number of aromatic nitrogens is 1. The van der Waals surface area contributed by atoms with Gasteiger partial charge in [-0.25, -0.2) is 4.98 Å². The Balaban J connectivity index is 1.27. The summed E-state index contributed by atoms with van der Waals surface area (Å²) >= 11 is 0. The highest BCUT2D eigenvalue weighted by molar-refractivity contribution is 5.92. The van der Waals surface area contributed by atoms with Gasteiger partial charge in [-0.2, -0.15) is 0 Å². The lowest BCUT2D eigenvalue weighted by Gasteiger charge is -2.35. The van der Waals surface area contributed by atoms with Gasteiger partial charge in [0, 0.05) is 51.9 Å². The van der Waals surface area contributed by atoms with Gasteiger partial charge in [-0.15, -0.1) is 0 Å². The minimum absolute atomic E-state index is 0.0473. The number of nitrogens with one attached hydrogen (secondary N) is 1. The van der Waals surface area contributed by atoms with Crippen LogP contribution in [-0.2, 0) is 16.1 Å². The van der Waals surface area contributed by atoms with Gasteiger partial charge in [0.25, 0.3) is 0 Å². The third-order valence-electron chi connectivity index (χ3n) is 5.55. The number of carbonyl (C=O) groups excluding carboxylic acids is 1. The van der Waals surface area contributed by atoms with Crippen LogP contribution in [0.4, 0.5) is 11.5 Å². The van der Waals surface area contributed by atoms with Crippen molar-refractivity contribution in [1.29, 1.82) is 0 Å². The van der Waals surface area contributed by atoms with E-state index in [2.05, 4.69) is 50.4 Å². The third-order valence-corrected chi connectivity index (χ3v) is 5.55. The molecule has 148 valence electrons. The van der Waals surface area contributed by atoms with E-state index in [0.29, 0.717) is 13.2 Å². The van der Waals surface area contributed by atoms with Gasteiger partial charge in [-0.1, -0.05) is 30.3 Å². The first-order valence-corrected chi connectivity index (χ1v) is 10.1. The molecule has 2 aromatic rings. The van der Waals surface area contributed by atoms with E-state index in [0.717, 1.165) is 57.1 Å². The monoisotopic (exact) mass is 380 g/mol. The van der Waals surface area contributed by atoms with Crippen LogP contribution in [0.1, 0.15) is 18.4 Å². The summed E-state index contributed by atoms with van der Waals surface area (Å²) in [5.41, 5.74) is 2.13. The molecule has 2 aliphatic rings. The highest BCUT2D eigenvalue weighted by Crippen LogP contribution is 2.20. The largest absolute Gasteiger partial charge is 0.381 e. The van der Waals surface area contributed by atoms with Crippen LogP contribution in [0.5, 0.6) is 0 Å². The van der Waals surface area contributed by atoms with Crippen molar-refractivity contribution in [1.82, 2.24) is 9.88 Å². The summed E-state index contributed by atoms with van der Waals surface area (Å²) in [5, 5.41) is 2.99. The van der Waals surface area contributed by atoms with E-state index >= 15 is 0 Å². The van der Waals surface area contributed by atoms with Gasteiger partial charge in [0.1, 0.15) is 5.82 Å². The Morgan fingerprint density at radius 1 is 1.04 bits per heavy atom. The molecule has 0 aliphatic carbocycles. The number of pyridine rings is 1. The molecule has 0 radical (unpaired) electrons. The van der Waals surface area contributed by atoms with Crippen LogP contribution >= 0.6 is 0 Å². The molecule has 28 heavy (non-hydrogen) atoms. The predicted molar refractivity (Wildman–Crippen MR) is 110 cm³/mol. The number of benzene rings is 1. The average molecular weight is 380 g/mol. The topological polar surface area (TPSA) is 57.7 Å². The number of piperazine rings is 1. The molecule has 1 aromatic carbocycles. The number of hydrogen-bond donors (Lipinski definition) is 1. The van der Waals surface area contributed by atoms with Crippen LogP contribution in [0.25, 0.3) is 0 Å². The van der Waals surface area contributed by atoms with Gasteiger partial charge in [-0.05, 0) is 30.5 Å². The van der Waals surface area contributed by atoms with Crippen molar-refractivity contribution in [3.05, 3.63) is 54.2 Å². The zero-order valence-corrected chi connectivity index (χ0v) is 16.2. The summed E-state index contributed by atoms with van der Waals surface area (Å²) < 4.78 is 5.32. The summed E-state index contributed by atoms with van der Waals surface area (Å²) in [5.74, 6) is 1.10. The minimum atomic E-state index is 0.0473. The van der Waals surface area contributed by atoms with Gasteiger partial charge in [0.05, 0.1) is 11.9 Å². The number of carbonyl (C=O) groups is 1. The maximum atomic E-state index is 12.3. The predicted octanol–water partition coefficient (Wildman–Crippen LogP) is 2.77. The Bertz CT molecular complexity index is 752. The molecule has 1 aromatic heterocycles. The van der Waals surface area contributed by atoms with Gasteiger partial charge in [-0.3, -0.25) is 9.69 Å². The molecule has 0 saturated carbocycles. The number of rotatable bonds is 5. The molecular formula is C22H28N4O2. The van der Waals surface area contributed by atoms with Crippen molar-refractivity contribution >= 4 is 17.4 Å². The van der Waals surface area contributed by atoms with E-state index in [1.165, 1.54) is 5.56 Å². The first-order chi connectivity index (χ1) is 13.8. The van der Waals surface area contributed by atoms with Crippen molar-refractivity contribution < 1.29 is 9.53 Å². The average Bonchev–Trinajstić information content (AvgIpc) is 2.76. The number of hydrogen-bond acceptors (Lipinski definition) is 5. The normalized spacial score (nSPS) is 18.8. The summed E-state index contributed by atoms with van der Waals surface area (Å²) in [7, 11) is 0. The van der Waals surface area contributed by atoms with Crippen molar-refractivity contribution in [3.63, 3.8) is 0 Å². The molecule has 0 unspecified atom stereocenters. The van der Waals surface area contributed by atoms with E-state index in [1.54, 1.807) is 6.20 Å². The highest BCUT2D eigenvalue weighted by atomic mass is 16.5. The lowest BCUT2D eigenvalue weighted by molar-refractivity contribution is -0.122. The van der Waals surface area contributed by atoms with Crippen molar-refractivity contribution in [2.45, 2.75) is 19.4 Å². The Kier molecular flexibility index (Phi) is 6.19. The van der Waals surface area contributed by atoms with E-state index < -0.39 is 0 Å². The Morgan fingerprint density at radius 2 is 1.79 bits per heavy atom. The molecule has 6 heteroatoms. The maximum absolute atomic E-state index is 12.3. The fraction of sp³-hybridized carbons (Fsp3) is 0.455. The van der Waals surface area contributed by atoms with Crippen LogP contribution in [0.3, 0.4) is 0 Å². The van der Waals surface area contributed by atoms with Crippen molar-refractivity contribution in [2.24, 2.45) is 5.92 Å². The number of amides is 1. The minimum Gasteiger partial charge on any atom is -0.381 e.